The van der Waals surface area contributed by atoms with Gasteiger partial charge in [0, 0.05) is 39.3 Å². The quantitative estimate of drug-likeness (QED) is 0.731. The highest BCUT2D eigenvalue weighted by Crippen LogP contribution is 2.27. The fourth-order valence-corrected chi connectivity index (χ4v) is 3.80. The summed E-state index contributed by atoms with van der Waals surface area (Å²) in [5, 5.41) is 9.86. The highest BCUT2D eigenvalue weighted by molar-refractivity contribution is 7.83. The fraction of sp³-hybridized carbons (Fsp3) is 0.176. The highest BCUT2D eigenvalue weighted by Gasteiger charge is 2.11. The van der Waals surface area contributed by atoms with E-state index < -0.39 is 10.8 Å². The fourth-order valence-electron chi connectivity index (χ4n) is 2.32. The number of carbonyl (C=O) groups excluding carboxylic acids is 1. The Kier molecular flexibility index (Phi) is 4.92. The van der Waals surface area contributed by atoms with Crippen molar-refractivity contribution in [3.05, 3.63) is 58.5 Å². The molecule has 0 fully saturated rings. The maximum absolute atomic E-state index is 12.4. The summed E-state index contributed by atoms with van der Waals surface area (Å²) in [6, 6.07) is 13.0. The van der Waals surface area contributed by atoms with E-state index >= 15 is 0 Å². The monoisotopic (exact) mass is 359 g/mol. The number of carbonyl (C=O) groups is 1. The molecule has 0 spiro atoms. The second-order valence-electron chi connectivity index (χ2n) is 5.45. The topological polar surface area (TPSA) is 74.8 Å². The average molecular weight is 359 g/mol. The number of hydrogen-bond donors (Lipinski definition) is 2. The van der Waals surface area contributed by atoms with Crippen LogP contribution in [0, 0.1) is 6.92 Å². The number of anilines is 1. The molecule has 3 rings (SSSR count). The van der Waals surface area contributed by atoms with E-state index in [1.807, 2.05) is 31.2 Å². The molecule has 24 heavy (non-hydrogen) atoms. The molecule has 5 nitrogen and oxygen atoms in total. The van der Waals surface area contributed by atoms with Crippen molar-refractivity contribution in [2.75, 3.05) is 11.6 Å². The van der Waals surface area contributed by atoms with Crippen LogP contribution in [0.1, 0.15) is 20.8 Å². The van der Waals surface area contributed by atoms with Crippen LogP contribution in [0.5, 0.6) is 0 Å². The highest BCUT2D eigenvalue weighted by atomic mass is 32.2. The molecule has 2 aromatic heterocycles. The van der Waals surface area contributed by atoms with E-state index in [9.17, 15) is 9.00 Å². The normalized spacial score (nSPS) is 12.1. The molecule has 0 aliphatic carbocycles. The van der Waals surface area contributed by atoms with Gasteiger partial charge in [-0.2, -0.15) is 5.10 Å². The van der Waals surface area contributed by atoms with Crippen molar-refractivity contribution in [1.29, 1.82) is 0 Å². The van der Waals surface area contributed by atoms with Crippen molar-refractivity contribution in [2.45, 2.75) is 12.7 Å². The Morgan fingerprint density at radius 1 is 1.29 bits per heavy atom. The molecule has 0 saturated heterocycles. The number of thiophene rings is 1. The molecular weight excluding hydrogens is 342 g/mol. The Morgan fingerprint density at radius 2 is 2.12 bits per heavy atom. The molecule has 0 radical (unpaired) electrons. The molecule has 1 atom stereocenters. The van der Waals surface area contributed by atoms with Gasteiger partial charge >= 0.3 is 0 Å². The van der Waals surface area contributed by atoms with Crippen LogP contribution in [0.2, 0.25) is 0 Å². The maximum Gasteiger partial charge on any atom is 0.256 e. The molecule has 2 heterocycles. The number of aromatic amines is 1. The first-order valence-corrected chi connectivity index (χ1v) is 9.88. The number of benzene rings is 1. The molecule has 1 amide bonds. The van der Waals surface area contributed by atoms with Crippen molar-refractivity contribution in [3.63, 3.8) is 0 Å². The first-order chi connectivity index (χ1) is 11.5. The minimum atomic E-state index is -0.940. The molecular formula is C17H17N3O2S2. The lowest BCUT2D eigenvalue weighted by molar-refractivity contribution is 0.102. The Bertz CT molecular complexity index is 899. The lowest BCUT2D eigenvalue weighted by atomic mass is 10.1. The van der Waals surface area contributed by atoms with Crippen LogP contribution in [0.15, 0.2) is 42.5 Å². The van der Waals surface area contributed by atoms with E-state index in [0.717, 1.165) is 16.1 Å². The zero-order valence-corrected chi connectivity index (χ0v) is 15.0. The Balaban J connectivity index is 1.73. The zero-order valence-electron chi connectivity index (χ0n) is 13.3. The number of nitrogens with zero attached hydrogens (tertiary/aromatic N) is 1. The summed E-state index contributed by atoms with van der Waals surface area (Å²) in [4.78, 5) is 14.7. The first kappa shape index (κ1) is 16.6. The minimum Gasteiger partial charge on any atom is -0.305 e. The number of amides is 1. The molecule has 0 saturated carbocycles. The van der Waals surface area contributed by atoms with E-state index in [1.54, 1.807) is 35.8 Å². The lowest BCUT2D eigenvalue weighted by Crippen LogP contribution is -2.12. The van der Waals surface area contributed by atoms with Crippen LogP contribution in [0.3, 0.4) is 0 Å². The van der Waals surface area contributed by atoms with Crippen molar-refractivity contribution in [2.24, 2.45) is 0 Å². The van der Waals surface area contributed by atoms with E-state index in [2.05, 4.69) is 15.5 Å². The molecule has 0 aliphatic heterocycles. The van der Waals surface area contributed by atoms with Gasteiger partial charge in [0.05, 0.1) is 10.6 Å². The molecule has 124 valence electrons. The van der Waals surface area contributed by atoms with Gasteiger partial charge in [-0.15, -0.1) is 11.3 Å². The predicted octanol–water partition coefficient (Wildman–Crippen LogP) is 3.58. The van der Waals surface area contributed by atoms with E-state index in [4.69, 9.17) is 0 Å². The van der Waals surface area contributed by atoms with Gasteiger partial charge < -0.3 is 5.32 Å². The zero-order chi connectivity index (χ0) is 17.1. The summed E-state index contributed by atoms with van der Waals surface area (Å²) >= 11 is 1.66. The molecule has 0 aliphatic rings. The van der Waals surface area contributed by atoms with Gasteiger partial charge in [-0.3, -0.25) is 14.1 Å². The van der Waals surface area contributed by atoms with Crippen molar-refractivity contribution >= 4 is 33.9 Å². The number of rotatable bonds is 5. The Hall–Kier alpha value is -2.25. The number of aromatic nitrogens is 2. The first-order valence-electron chi connectivity index (χ1n) is 7.34. The summed E-state index contributed by atoms with van der Waals surface area (Å²) in [7, 11) is -0.940. The number of nitrogens with one attached hydrogen (secondary N) is 2. The summed E-state index contributed by atoms with van der Waals surface area (Å²) in [6.07, 6.45) is 1.64. The van der Waals surface area contributed by atoms with Gasteiger partial charge in [0.1, 0.15) is 0 Å². The van der Waals surface area contributed by atoms with Gasteiger partial charge in [0.15, 0.2) is 5.82 Å². The molecule has 3 aromatic rings. The van der Waals surface area contributed by atoms with Gasteiger partial charge in [-0.05, 0) is 36.8 Å². The third-order valence-electron chi connectivity index (χ3n) is 3.38. The van der Waals surface area contributed by atoms with Gasteiger partial charge in [-0.1, -0.05) is 12.1 Å². The van der Waals surface area contributed by atoms with Crippen LogP contribution < -0.4 is 5.32 Å². The second kappa shape index (κ2) is 7.11. The van der Waals surface area contributed by atoms with Gasteiger partial charge in [-0.25, -0.2) is 0 Å². The number of hydrogen-bond acceptors (Lipinski definition) is 4. The van der Waals surface area contributed by atoms with E-state index in [0.29, 0.717) is 17.1 Å². The van der Waals surface area contributed by atoms with Crippen molar-refractivity contribution < 1.29 is 9.00 Å². The summed E-state index contributed by atoms with van der Waals surface area (Å²) in [5.74, 6) is 0.676. The minimum absolute atomic E-state index is 0.237. The second-order valence-corrected chi connectivity index (χ2v) is 8.17. The van der Waals surface area contributed by atoms with Crippen LogP contribution in [0.25, 0.3) is 10.6 Å². The Labute approximate surface area is 146 Å². The van der Waals surface area contributed by atoms with E-state index in [-0.39, 0.29) is 5.91 Å². The van der Waals surface area contributed by atoms with Crippen molar-refractivity contribution in [1.82, 2.24) is 10.2 Å². The summed E-state index contributed by atoms with van der Waals surface area (Å²) in [6.45, 7) is 2.05. The van der Waals surface area contributed by atoms with Crippen LogP contribution in [0.4, 0.5) is 5.82 Å². The van der Waals surface area contributed by atoms with E-state index in [1.165, 1.54) is 4.88 Å². The van der Waals surface area contributed by atoms with Gasteiger partial charge in [0.25, 0.3) is 5.91 Å². The third-order valence-corrected chi connectivity index (χ3v) is 5.16. The number of aryl methyl sites for hydroxylation is 1. The van der Waals surface area contributed by atoms with Crippen LogP contribution >= 0.6 is 11.3 Å². The van der Waals surface area contributed by atoms with Gasteiger partial charge in [0.2, 0.25) is 0 Å². The Morgan fingerprint density at radius 3 is 2.83 bits per heavy atom. The number of H-pyrrole nitrogens is 1. The molecule has 1 unspecified atom stereocenters. The molecule has 1 aromatic carbocycles. The smallest absolute Gasteiger partial charge is 0.256 e. The van der Waals surface area contributed by atoms with Crippen LogP contribution in [-0.2, 0) is 16.6 Å². The molecule has 7 heteroatoms. The molecule has 0 bridgehead atoms. The summed E-state index contributed by atoms with van der Waals surface area (Å²) in [5.41, 5.74) is 2.27. The summed E-state index contributed by atoms with van der Waals surface area (Å²) < 4.78 is 11.3. The largest absolute Gasteiger partial charge is 0.305 e. The lowest BCUT2D eigenvalue weighted by Gasteiger charge is -2.04. The average Bonchev–Trinajstić information content (AvgIpc) is 3.16. The third kappa shape index (κ3) is 3.98. The maximum atomic E-state index is 12.4. The SMILES string of the molecule is Cc1ccc(-c2cc(NC(=O)c3cccc(CS(C)=O)c3)n[nH]2)s1. The molecule has 2 N–H and O–H groups in total. The standard InChI is InChI=1S/C17H17N3O2S2/c1-11-6-7-15(23-11)14-9-16(20-19-14)18-17(21)13-5-3-4-12(8-13)10-24(2)22/h3-9H,10H2,1-2H3,(H2,18,19,20,21). The van der Waals surface area contributed by atoms with Crippen LogP contribution in [-0.4, -0.2) is 26.6 Å². The predicted molar refractivity (Wildman–Crippen MR) is 98.8 cm³/mol. The van der Waals surface area contributed by atoms with Crippen molar-refractivity contribution in [3.8, 4) is 10.6 Å².